The van der Waals surface area contributed by atoms with Gasteiger partial charge in [0.15, 0.2) is 6.10 Å². The standard InChI is InChI=1S/C25H19F5N4OS/c1-3-24(26,27)22(35-13-17-7-6-15(11-31)18-5-4-10-32-20(17)18)21-14(2)34-23(36-21)16-8-9-19(33-12-16)25(28,29)30/h4-10,12,22H,3,13H2,1-2H3. The summed E-state index contributed by atoms with van der Waals surface area (Å²) in [5.41, 5.74) is 0.939. The molecule has 0 aliphatic rings. The average Bonchev–Trinajstić information content (AvgIpc) is 3.24. The second-order valence-electron chi connectivity index (χ2n) is 7.99. The smallest absolute Gasteiger partial charge is 0.362 e. The van der Waals surface area contributed by atoms with Gasteiger partial charge in [-0.15, -0.1) is 11.3 Å². The molecule has 5 nitrogen and oxygen atoms in total. The monoisotopic (exact) mass is 518 g/mol. The van der Waals surface area contributed by atoms with Gasteiger partial charge in [-0.05, 0) is 37.3 Å². The first-order valence-electron chi connectivity index (χ1n) is 10.8. The van der Waals surface area contributed by atoms with Crippen LogP contribution in [0.5, 0.6) is 0 Å². The highest BCUT2D eigenvalue weighted by atomic mass is 32.1. The van der Waals surface area contributed by atoms with Crippen LogP contribution in [0.3, 0.4) is 0 Å². The number of rotatable bonds is 7. The van der Waals surface area contributed by atoms with Crippen LogP contribution in [-0.4, -0.2) is 20.9 Å². The molecule has 0 saturated heterocycles. The molecule has 3 heterocycles. The van der Waals surface area contributed by atoms with Crippen LogP contribution in [0, 0.1) is 18.3 Å². The van der Waals surface area contributed by atoms with Crippen LogP contribution in [0.2, 0.25) is 0 Å². The third-order valence-electron chi connectivity index (χ3n) is 5.61. The lowest BCUT2D eigenvalue weighted by atomic mass is 10.0. The zero-order chi connectivity index (χ0) is 26.1. The number of benzene rings is 1. The van der Waals surface area contributed by atoms with Gasteiger partial charge < -0.3 is 4.74 Å². The van der Waals surface area contributed by atoms with E-state index in [2.05, 4.69) is 21.0 Å². The summed E-state index contributed by atoms with van der Waals surface area (Å²) in [6.07, 6.45) is -4.17. The van der Waals surface area contributed by atoms with E-state index < -0.39 is 30.3 Å². The molecule has 4 aromatic rings. The Hall–Kier alpha value is -3.49. The van der Waals surface area contributed by atoms with Crippen LogP contribution in [0.25, 0.3) is 21.5 Å². The number of hydrogen-bond donors (Lipinski definition) is 0. The van der Waals surface area contributed by atoms with Gasteiger partial charge in [-0.1, -0.05) is 13.0 Å². The summed E-state index contributed by atoms with van der Waals surface area (Å²) in [4.78, 5) is 12.2. The van der Waals surface area contributed by atoms with Crippen LogP contribution in [0.4, 0.5) is 22.0 Å². The first-order chi connectivity index (χ1) is 17.0. The van der Waals surface area contributed by atoms with E-state index in [4.69, 9.17) is 4.74 Å². The predicted octanol–water partition coefficient (Wildman–Crippen LogP) is 7.26. The Morgan fingerprint density at radius 2 is 1.86 bits per heavy atom. The number of alkyl halides is 5. The summed E-state index contributed by atoms with van der Waals surface area (Å²) in [6, 6.07) is 10.7. The van der Waals surface area contributed by atoms with Crippen LogP contribution in [0.15, 0.2) is 48.8 Å². The Balaban J connectivity index is 1.67. The van der Waals surface area contributed by atoms with Crippen LogP contribution in [-0.2, 0) is 17.5 Å². The third kappa shape index (κ3) is 5.05. The topological polar surface area (TPSA) is 71.7 Å². The van der Waals surface area contributed by atoms with Gasteiger partial charge in [0.05, 0.1) is 34.3 Å². The SMILES string of the molecule is CCC(F)(F)C(OCc1ccc(C#N)c2cccnc12)c1sc(-c2ccc(C(F)(F)F)nc2)nc1C. The van der Waals surface area contributed by atoms with Crippen molar-refractivity contribution in [1.82, 2.24) is 15.0 Å². The van der Waals surface area contributed by atoms with Gasteiger partial charge >= 0.3 is 6.18 Å². The van der Waals surface area contributed by atoms with E-state index in [1.165, 1.54) is 13.0 Å². The molecule has 0 saturated carbocycles. The van der Waals surface area contributed by atoms with Crippen molar-refractivity contribution in [2.45, 2.75) is 45.1 Å². The molecular weight excluding hydrogens is 499 g/mol. The van der Waals surface area contributed by atoms with Gasteiger partial charge in [0.1, 0.15) is 10.7 Å². The molecule has 3 aromatic heterocycles. The molecule has 0 N–H and O–H groups in total. The van der Waals surface area contributed by atoms with Gasteiger partial charge in [-0.25, -0.2) is 13.8 Å². The molecular formula is C25H19F5N4OS. The molecule has 0 aliphatic carbocycles. The van der Waals surface area contributed by atoms with E-state index in [1.807, 2.05) is 0 Å². The Bertz CT molecular complexity index is 1430. The van der Waals surface area contributed by atoms with Crippen molar-refractivity contribution in [2.24, 2.45) is 0 Å². The zero-order valence-corrected chi connectivity index (χ0v) is 19.9. The van der Waals surface area contributed by atoms with Crippen molar-refractivity contribution >= 4 is 22.2 Å². The Labute approximate surface area is 207 Å². The van der Waals surface area contributed by atoms with Crippen LogP contribution >= 0.6 is 11.3 Å². The summed E-state index contributed by atoms with van der Waals surface area (Å²) in [6.45, 7) is 2.69. The Kier molecular flexibility index (Phi) is 7.02. The minimum atomic E-state index is -4.59. The maximum Gasteiger partial charge on any atom is 0.433 e. The lowest BCUT2D eigenvalue weighted by Crippen LogP contribution is -2.27. The van der Waals surface area contributed by atoms with Gasteiger partial charge in [0.25, 0.3) is 5.92 Å². The van der Waals surface area contributed by atoms with E-state index in [9.17, 15) is 18.4 Å². The van der Waals surface area contributed by atoms with Crippen LogP contribution in [0.1, 0.15) is 46.8 Å². The first-order valence-corrected chi connectivity index (χ1v) is 11.6. The predicted molar refractivity (Wildman–Crippen MR) is 124 cm³/mol. The fourth-order valence-corrected chi connectivity index (χ4v) is 4.83. The fourth-order valence-electron chi connectivity index (χ4n) is 3.66. The maximum atomic E-state index is 15.1. The molecule has 0 bridgehead atoms. The van der Waals surface area contributed by atoms with Gasteiger partial charge in [0, 0.05) is 35.3 Å². The second-order valence-corrected chi connectivity index (χ2v) is 9.02. The number of aryl methyl sites for hydroxylation is 1. The lowest BCUT2D eigenvalue weighted by Gasteiger charge is -2.26. The molecule has 1 aromatic carbocycles. The first kappa shape index (κ1) is 25.6. The number of fused-ring (bicyclic) bond motifs is 1. The molecule has 36 heavy (non-hydrogen) atoms. The zero-order valence-electron chi connectivity index (χ0n) is 19.1. The molecule has 0 aliphatic heterocycles. The lowest BCUT2D eigenvalue weighted by molar-refractivity contribution is -0.146. The number of thiazole rings is 1. The Morgan fingerprint density at radius 3 is 2.50 bits per heavy atom. The highest BCUT2D eigenvalue weighted by molar-refractivity contribution is 7.15. The molecule has 0 fully saturated rings. The number of ether oxygens (including phenoxy) is 1. The van der Waals surface area contributed by atoms with Crippen molar-refractivity contribution < 1.29 is 26.7 Å². The number of halogens is 5. The number of nitrogens with zero attached hydrogens (tertiary/aromatic N) is 4. The summed E-state index contributed by atoms with van der Waals surface area (Å²) in [7, 11) is 0. The largest absolute Gasteiger partial charge is 0.433 e. The summed E-state index contributed by atoms with van der Waals surface area (Å²) < 4.78 is 74.4. The minimum Gasteiger partial charge on any atom is -0.362 e. The molecule has 0 spiro atoms. The molecule has 1 atom stereocenters. The van der Waals surface area contributed by atoms with Crippen LogP contribution < -0.4 is 0 Å². The quantitative estimate of drug-likeness (QED) is 0.241. The number of pyridine rings is 2. The molecule has 4 rings (SSSR count). The molecule has 0 amide bonds. The molecule has 186 valence electrons. The molecule has 0 radical (unpaired) electrons. The Morgan fingerprint density at radius 1 is 1.08 bits per heavy atom. The van der Waals surface area contributed by atoms with Crippen molar-refractivity contribution in [3.8, 4) is 16.6 Å². The van der Waals surface area contributed by atoms with Crippen molar-refractivity contribution in [3.05, 3.63) is 76.2 Å². The number of hydrogen-bond acceptors (Lipinski definition) is 6. The van der Waals surface area contributed by atoms with Gasteiger partial charge in [0.2, 0.25) is 0 Å². The van der Waals surface area contributed by atoms with Gasteiger partial charge in [-0.3, -0.25) is 9.97 Å². The summed E-state index contributed by atoms with van der Waals surface area (Å²) in [5.74, 6) is -3.25. The summed E-state index contributed by atoms with van der Waals surface area (Å²) >= 11 is 0.925. The number of nitriles is 1. The number of aromatic nitrogens is 3. The highest BCUT2D eigenvalue weighted by Crippen LogP contribution is 2.43. The van der Waals surface area contributed by atoms with Gasteiger partial charge in [-0.2, -0.15) is 18.4 Å². The minimum absolute atomic E-state index is 0.169. The van der Waals surface area contributed by atoms with E-state index in [-0.39, 0.29) is 27.7 Å². The van der Waals surface area contributed by atoms with E-state index >= 15 is 8.78 Å². The second kappa shape index (κ2) is 9.87. The van der Waals surface area contributed by atoms with E-state index in [1.54, 1.807) is 37.4 Å². The van der Waals surface area contributed by atoms with Crippen molar-refractivity contribution in [3.63, 3.8) is 0 Å². The van der Waals surface area contributed by atoms with E-state index in [0.29, 0.717) is 22.0 Å². The molecule has 1 unspecified atom stereocenters. The van der Waals surface area contributed by atoms with Crippen molar-refractivity contribution in [1.29, 1.82) is 5.26 Å². The maximum absolute atomic E-state index is 15.1. The van der Waals surface area contributed by atoms with Crippen molar-refractivity contribution in [2.75, 3.05) is 0 Å². The van der Waals surface area contributed by atoms with E-state index in [0.717, 1.165) is 23.6 Å². The normalized spacial score (nSPS) is 13.1. The summed E-state index contributed by atoms with van der Waals surface area (Å²) in [5, 5.41) is 10.2. The third-order valence-corrected chi connectivity index (χ3v) is 6.86. The fraction of sp³-hybridized carbons (Fsp3) is 0.280. The average molecular weight is 519 g/mol. The molecule has 11 heteroatoms. The highest BCUT2D eigenvalue weighted by Gasteiger charge is 2.42.